The third-order valence-electron chi connectivity index (χ3n) is 4.74. The van der Waals surface area contributed by atoms with E-state index in [9.17, 15) is 4.79 Å². The molecule has 0 saturated heterocycles. The summed E-state index contributed by atoms with van der Waals surface area (Å²) in [5, 5.41) is 24.2. The second kappa shape index (κ2) is 9.64. The summed E-state index contributed by atoms with van der Waals surface area (Å²) < 4.78 is 1.98. The highest BCUT2D eigenvalue weighted by Gasteiger charge is 2.21. The predicted molar refractivity (Wildman–Crippen MR) is 119 cm³/mol. The fourth-order valence-corrected chi connectivity index (χ4v) is 5.76. The standard InChI is InChI=1S/C19H22N6OS3/c1-2-10-25-16(14-9-6-11-27-14)21-24-19(25)28-12-15(26)20-18-23-22-17(29-18)13-7-4-3-5-8-13/h2,6,9,11,13H,1,3-5,7-8,10,12H2,(H,20,23,26). The lowest BCUT2D eigenvalue weighted by Gasteiger charge is -2.18. The number of carbonyl (C=O) groups is 1. The van der Waals surface area contributed by atoms with Crippen LogP contribution in [-0.2, 0) is 11.3 Å². The van der Waals surface area contributed by atoms with Crippen LogP contribution in [-0.4, -0.2) is 36.6 Å². The van der Waals surface area contributed by atoms with E-state index in [0.717, 1.165) is 15.7 Å². The van der Waals surface area contributed by atoms with Gasteiger partial charge in [-0.25, -0.2) is 0 Å². The Hall–Kier alpha value is -2.04. The zero-order chi connectivity index (χ0) is 20.1. The van der Waals surface area contributed by atoms with Crippen LogP contribution >= 0.6 is 34.4 Å². The molecule has 0 unspecified atom stereocenters. The molecule has 1 aliphatic rings. The van der Waals surface area contributed by atoms with E-state index in [0.29, 0.717) is 22.8 Å². The lowest BCUT2D eigenvalue weighted by atomic mass is 9.90. The van der Waals surface area contributed by atoms with E-state index in [-0.39, 0.29) is 11.7 Å². The molecule has 0 aromatic carbocycles. The average molecular weight is 447 g/mol. The summed E-state index contributed by atoms with van der Waals surface area (Å²) in [7, 11) is 0. The van der Waals surface area contributed by atoms with Gasteiger partial charge in [-0.1, -0.05) is 54.5 Å². The van der Waals surface area contributed by atoms with Gasteiger partial charge in [0, 0.05) is 12.5 Å². The first-order chi connectivity index (χ1) is 14.2. The number of rotatable bonds is 8. The number of nitrogens with one attached hydrogen (secondary N) is 1. The minimum absolute atomic E-state index is 0.118. The molecule has 0 atom stereocenters. The van der Waals surface area contributed by atoms with Gasteiger partial charge in [0.05, 0.1) is 10.6 Å². The number of anilines is 1. The topological polar surface area (TPSA) is 85.6 Å². The van der Waals surface area contributed by atoms with Crippen LogP contribution in [0.15, 0.2) is 35.3 Å². The van der Waals surface area contributed by atoms with Crippen LogP contribution in [0.25, 0.3) is 10.7 Å². The summed E-state index contributed by atoms with van der Waals surface area (Å²) in [4.78, 5) is 13.4. The number of aromatic nitrogens is 5. The van der Waals surface area contributed by atoms with Gasteiger partial charge in [-0.15, -0.1) is 38.3 Å². The van der Waals surface area contributed by atoms with E-state index in [1.165, 1.54) is 55.2 Å². The van der Waals surface area contributed by atoms with Crippen molar-refractivity contribution in [2.24, 2.45) is 0 Å². The summed E-state index contributed by atoms with van der Waals surface area (Å²) in [6.07, 6.45) is 7.95. The van der Waals surface area contributed by atoms with Gasteiger partial charge < -0.3 is 0 Å². The van der Waals surface area contributed by atoms with Crippen LogP contribution in [0.5, 0.6) is 0 Å². The van der Waals surface area contributed by atoms with Gasteiger partial charge in [-0.05, 0) is 24.3 Å². The molecule has 1 saturated carbocycles. The normalized spacial score (nSPS) is 14.8. The second-order valence-corrected chi connectivity index (χ2v) is 9.70. The molecule has 3 heterocycles. The van der Waals surface area contributed by atoms with Crippen LogP contribution in [0.4, 0.5) is 5.13 Å². The van der Waals surface area contributed by atoms with Crippen molar-refractivity contribution in [3.05, 3.63) is 35.2 Å². The predicted octanol–water partition coefficient (Wildman–Crippen LogP) is 4.82. The maximum absolute atomic E-state index is 12.4. The Balaban J connectivity index is 1.36. The first kappa shape index (κ1) is 20.2. The number of thiophene rings is 1. The van der Waals surface area contributed by atoms with Crippen LogP contribution in [0.3, 0.4) is 0 Å². The molecule has 0 spiro atoms. The third kappa shape index (κ3) is 4.93. The van der Waals surface area contributed by atoms with Crippen molar-refractivity contribution < 1.29 is 4.79 Å². The molecule has 29 heavy (non-hydrogen) atoms. The van der Waals surface area contributed by atoms with E-state index in [4.69, 9.17) is 0 Å². The smallest absolute Gasteiger partial charge is 0.236 e. The first-order valence-corrected chi connectivity index (χ1v) is 12.3. The fraction of sp³-hybridized carbons (Fsp3) is 0.421. The molecule has 4 rings (SSSR count). The molecule has 3 aromatic heterocycles. The van der Waals surface area contributed by atoms with Gasteiger partial charge in [0.15, 0.2) is 11.0 Å². The Morgan fingerprint density at radius 2 is 2.14 bits per heavy atom. The highest BCUT2D eigenvalue weighted by atomic mass is 32.2. The lowest BCUT2D eigenvalue weighted by molar-refractivity contribution is -0.113. The third-order valence-corrected chi connectivity index (χ3v) is 7.58. The molecule has 1 fully saturated rings. The molecule has 1 amide bonds. The number of nitrogens with zero attached hydrogens (tertiary/aromatic N) is 5. The highest BCUT2D eigenvalue weighted by Crippen LogP contribution is 2.35. The maximum atomic E-state index is 12.4. The molecule has 0 bridgehead atoms. The van der Waals surface area contributed by atoms with Gasteiger partial charge >= 0.3 is 0 Å². The molecule has 1 N–H and O–H groups in total. The molecule has 10 heteroatoms. The Labute approximate surface area is 181 Å². The van der Waals surface area contributed by atoms with Gasteiger partial charge in [0.25, 0.3) is 0 Å². The van der Waals surface area contributed by atoms with Crippen molar-refractivity contribution in [1.29, 1.82) is 0 Å². The van der Waals surface area contributed by atoms with Crippen molar-refractivity contribution in [1.82, 2.24) is 25.0 Å². The molecule has 152 valence electrons. The number of allylic oxidation sites excluding steroid dienone is 1. The van der Waals surface area contributed by atoms with Gasteiger partial charge in [0.1, 0.15) is 5.01 Å². The molecular weight excluding hydrogens is 424 g/mol. The summed E-state index contributed by atoms with van der Waals surface area (Å²) in [5.74, 6) is 1.41. The average Bonchev–Trinajstić information content (AvgIpc) is 3.49. The Kier molecular flexibility index (Phi) is 6.73. The van der Waals surface area contributed by atoms with Crippen molar-refractivity contribution in [2.75, 3.05) is 11.1 Å². The first-order valence-electron chi connectivity index (χ1n) is 9.58. The van der Waals surface area contributed by atoms with Crippen molar-refractivity contribution in [3.63, 3.8) is 0 Å². The molecule has 7 nitrogen and oxygen atoms in total. The Morgan fingerprint density at radius 3 is 2.90 bits per heavy atom. The molecular formula is C19H22N6OS3. The zero-order valence-corrected chi connectivity index (χ0v) is 18.4. The van der Waals surface area contributed by atoms with Crippen LogP contribution in [0.2, 0.25) is 0 Å². The molecule has 0 aliphatic heterocycles. The zero-order valence-electron chi connectivity index (χ0n) is 15.9. The van der Waals surface area contributed by atoms with E-state index in [1.807, 2.05) is 22.1 Å². The quantitative estimate of drug-likeness (QED) is 0.394. The van der Waals surface area contributed by atoms with Crippen molar-refractivity contribution in [3.8, 4) is 10.7 Å². The molecule has 1 aliphatic carbocycles. The molecule has 3 aromatic rings. The van der Waals surface area contributed by atoms with E-state index in [1.54, 1.807) is 17.4 Å². The van der Waals surface area contributed by atoms with Crippen LogP contribution in [0, 0.1) is 0 Å². The monoisotopic (exact) mass is 446 g/mol. The van der Waals surface area contributed by atoms with Gasteiger partial charge in [-0.3, -0.25) is 14.7 Å². The van der Waals surface area contributed by atoms with Crippen LogP contribution < -0.4 is 5.32 Å². The van der Waals surface area contributed by atoms with Gasteiger partial charge in [-0.2, -0.15) is 0 Å². The van der Waals surface area contributed by atoms with Gasteiger partial charge in [0.2, 0.25) is 11.0 Å². The van der Waals surface area contributed by atoms with E-state index >= 15 is 0 Å². The number of hydrogen-bond donors (Lipinski definition) is 1. The minimum atomic E-state index is -0.118. The maximum Gasteiger partial charge on any atom is 0.236 e. The lowest BCUT2D eigenvalue weighted by Crippen LogP contribution is -2.14. The fourth-order valence-electron chi connectivity index (χ4n) is 3.36. The highest BCUT2D eigenvalue weighted by molar-refractivity contribution is 7.99. The second-order valence-electron chi connectivity index (χ2n) is 6.80. The SMILES string of the molecule is C=CCn1c(SCC(=O)Nc2nnc(C3CCCCC3)s2)nnc1-c1cccs1. The van der Waals surface area contributed by atoms with E-state index < -0.39 is 0 Å². The summed E-state index contributed by atoms with van der Waals surface area (Å²) in [5.41, 5.74) is 0. The number of carbonyl (C=O) groups excluding carboxylic acids is 1. The largest absolute Gasteiger partial charge is 0.300 e. The molecule has 0 radical (unpaired) electrons. The number of amides is 1. The number of thioether (sulfide) groups is 1. The summed E-state index contributed by atoms with van der Waals surface area (Å²) in [6.45, 7) is 4.40. The van der Waals surface area contributed by atoms with E-state index in [2.05, 4.69) is 32.3 Å². The number of hydrogen-bond acceptors (Lipinski definition) is 8. The minimum Gasteiger partial charge on any atom is -0.300 e. The summed E-state index contributed by atoms with van der Waals surface area (Å²) >= 11 is 4.46. The van der Waals surface area contributed by atoms with Crippen molar-refractivity contribution >= 4 is 45.5 Å². The van der Waals surface area contributed by atoms with Crippen molar-refractivity contribution in [2.45, 2.75) is 49.7 Å². The Morgan fingerprint density at radius 1 is 1.28 bits per heavy atom. The van der Waals surface area contributed by atoms with Crippen LogP contribution in [0.1, 0.15) is 43.0 Å². The summed E-state index contributed by atoms with van der Waals surface area (Å²) in [6, 6.07) is 3.99. The Bertz CT molecular complexity index is 959.